The summed E-state index contributed by atoms with van der Waals surface area (Å²) in [4.78, 5) is 22.8. The third-order valence-electron chi connectivity index (χ3n) is 4.49. The zero-order valence-electron chi connectivity index (χ0n) is 16.3. The van der Waals surface area contributed by atoms with Crippen LogP contribution in [0, 0.1) is 17.0 Å². The van der Waals surface area contributed by atoms with E-state index in [0.29, 0.717) is 18.7 Å². The van der Waals surface area contributed by atoms with Crippen molar-refractivity contribution in [3.8, 4) is 5.75 Å². The summed E-state index contributed by atoms with van der Waals surface area (Å²) in [7, 11) is -3.73. The normalized spacial score (nSPS) is 11.4. The smallest absolute Gasteiger partial charge is 0.269 e. The van der Waals surface area contributed by atoms with Crippen LogP contribution in [-0.2, 0) is 16.6 Å². The van der Waals surface area contributed by atoms with Crippen molar-refractivity contribution in [3.05, 3.63) is 63.2 Å². The van der Waals surface area contributed by atoms with Gasteiger partial charge in [0.15, 0.2) is 0 Å². The third-order valence-corrected chi connectivity index (χ3v) is 6.54. The van der Waals surface area contributed by atoms with Crippen molar-refractivity contribution >= 4 is 21.6 Å². The summed E-state index contributed by atoms with van der Waals surface area (Å²) in [5.41, 5.74) is 0.521. The number of hydrogen-bond donors (Lipinski definition) is 1. The Kier molecular flexibility index (Phi) is 6.93. The number of hydrogen-bond acceptors (Lipinski definition) is 6. The minimum atomic E-state index is -3.73. The summed E-state index contributed by atoms with van der Waals surface area (Å²) < 4.78 is 26.7. The summed E-state index contributed by atoms with van der Waals surface area (Å²) in [5.74, 6) is -1.02. The molecule has 10 heteroatoms. The lowest BCUT2D eigenvalue weighted by Crippen LogP contribution is -2.31. The number of nitro benzene ring substituents is 1. The van der Waals surface area contributed by atoms with Crippen LogP contribution in [0.3, 0.4) is 0 Å². The lowest BCUT2D eigenvalue weighted by molar-refractivity contribution is -0.385. The van der Waals surface area contributed by atoms with Crippen LogP contribution in [-0.4, -0.2) is 36.6 Å². The highest BCUT2D eigenvalue weighted by Gasteiger charge is 2.23. The van der Waals surface area contributed by atoms with E-state index in [4.69, 9.17) is 0 Å². The molecular weight excluding hydrogens is 398 g/mol. The number of carbonyl (C=O) groups excluding carboxylic acids is 1. The maximum absolute atomic E-state index is 12.7. The first-order chi connectivity index (χ1) is 13.6. The average Bonchev–Trinajstić information content (AvgIpc) is 2.67. The van der Waals surface area contributed by atoms with Gasteiger partial charge in [-0.25, -0.2) is 8.42 Å². The predicted octanol–water partition coefficient (Wildman–Crippen LogP) is 1.94. The van der Waals surface area contributed by atoms with E-state index in [1.54, 1.807) is 20.8 Å². The van der Waals surface area contributed by atoms with Crippen LogP contribution in [0.25, 0.3) is 0 Å². The number of nitrogens with one attached hydrogen (secondary N) is 1. The van der Waals surface area contributed by atoms with Gasteiger partial charge in [-0.15, -0.1) is 5.75 Å². The molecular formula is C19H22N3O6S-. The Bertz CT molecular complexity index is 1030. The lowest BCUT2D eigenvalue weighted by atomic mass is 10.1. The van der Waals surface area contributed by atoms with Gasteiger partial charge in [-0.1, -0.05) is 26.0 Å². The highest BCUT2D eigenvalue weighted by molar-refractivity contribution is 7.89. The minimum absolute atomic E-state index is 0.00295. The van der Waals surface area contributed by atoms with Crippen LogP contribution in [0.5, 0.6) is 5.75 Å². The van der Waals surface area contributed by atoms with Crippen LogP contribution in [0.1, 0.15) is 35.3 Å². The van der Waals surface area contributed by atoms with Crippen molar-refractivity contribution in [2.45, 2.75) is 32.2 Å². The SMILES string of the molecule is CCN(CC)S(=O)(=O)c1ccc(C)c(C(=O)NCc2cc([N+](=O)[O-])ccc2[O-])c1. The molecule has 0 radical (unpaired) electrons. The minimum Gasteiger partial charge on any atom is -0.872 e. The first-order valence-corrected chi connectivity index (χ1v) is 10.4. The van der Waals surface area contributed by atoms with Crippen molar-refractivity contribution in [2.24, 2.45) is 0 Å². The highest BCUT2D eigenvalue weighted by atomic mass is 32.2. The standard InChI is InChI=1S/C19H23N3O6S/c1-4-21(5-2)29(27,28)16-8-6-13(3)17(11-16)19(24)20-12-14-10-15(22(25)26)7-9-18(14)23/h6-11,23H,4-5,12H2,1-3H3,(H,20,24)/p-1. The zero-order chi connectivity index (χ0) is 21.8. The maximum Gasteiger partial charge on any atom is 0.269 e. The monoisotopic (exact) mass is 420 g/mol. The maximum atomic E-state index is 12.7. The predicted molar refractivity (Wildman–Crippen MR) is 105 cm³/mol. The molecule has 0 aliphatic carbocycles. The molecule has 1 amide bonds. The Hall–Kier alpha value is -2.98. The van der Waals surface area contributed by atoms with E-state index in [2.05, 4.69) is 5.32 Å². The Morgan fingerprint density at radius 2 is 1.79 bits per heavy atom. The molecule has 1 N–H and O–H groups in total. The molecule has 156 valence electrons. The average molecular weight is 420 g/mol. The number of rotatable bonds is 8. The van der Waals surface area contributed by atoms with Gasteiger partial charge < -0.3 is 10.4 Å². The molecule has 0 fully saturated rings. The van der Waals surface area contributed by atoms with E-state index >= 15 is 0 Å². The largest absolute Gasteiger partial charge is 0.872 e. The van der Waals surface area contributed by atoms with Crippen molar-refractivity contribution in [2.75, 3.05) is 13.1 Å². The molecule has 0 aliphatic rings. The molecule has 0 saturated carbocycles. The molecule has 0 spiro atoms. The van der Waals surface area contributed by atoms with Gasteiger partial charge >= 0.3 is 0 Å². The third kappa shape index (κ3) is 4.90. The molecule has 0 heterocycles. The topological polar surface area (TPSA) is 133 Å². The molecule has 0 aromatic heterocycles. The molecule has 0 saturated heterocycles. The van der Waals surface area contributed by atoms with Gasteiger partial charge in [-0.05, 0) is 30.2 Å². The Labute approximate surface area is 169 Å². The number of non-ortho nitro benzene ring substituents is 1. The van der Waals surface area contributed by atoms with E-state index in [-0.39, 0.29) is 28.3 Å². The second kappa shape index (κ2) is 9.01. The van der Waals surface area contributed by atoms with Crippen molar-refractivity contribution in [3.63, 3.8) is 0 Å². The zero-order valence-corrected chi connectivity index (χ0v) is 17.2. The second-order valence-corrected chi connectivity index (χ2v) is 8.24. The Morgan fingerprint density at radius 3 is 2.38 bits per heavy atom. The summed E-state index contributed by atoms with van der Waals surface area (Å²) >= 11 is 0. The van der Waals surface area contributed by atoms with E-state index in [0.717, 1.165) is 18.2 Å². The number of aryl methyl sites for hydroxylation is 1. The lowest BCUT2D eigenvalue weighted by Gasteiger charge is -2.19. The molecule has 0 aliphatic heterocycles. The summed E-state index contributed by atoms with van der Waals surface area (Å²) in [6.07, 6.45) is 0. The molecule has 9 nitrogen and oxygen atoms in total. The van der Waals surface area contributed by atoms with Gasteiger partial charge in [-0.3, -0.25) is 14.9 Å². The molecule has 0 bridgehead atoms. The summed E-state index contributed by atoms with van der Waals surface area (Å²) in [5, 5.41) is 25.3. The number of sulfonamides is 1. The highest BCUT2D eigenvalue weighted by Crippen LogP contribution is 2.22. The van der Waals surface area contributed by atoms with Gasteiger partial charge in [0, 0.05) is 37.3 Å². The number of carbonyl (C=O) groups is 1. The Balaban J connectivity index is 2.28. The summed E-state index contributed by atoms with van der Waals surface area (Å²) in [6.45, 7) is 5.49. The summed E-state index contributed by atoms with van der Waals surface area (Å²) in [6, 6.07) is 7.55. The van der Waals surface area contributed by atoms with Gasteiger partial charge in [0.05, 0.1) is 9.82 Å². The van der Waals surface area contributed by atoms with Crippen molar-refractivity contribution in [1.29, 1.82) is 0 Å². The van der Waals surface area contributed by atoms with Gasteiger partial charge in [-0.2, -0.15) is 4.31 Å². The molecule has 0 unspecified atom stereocenters. The van der Waals surface area contributed by atoms with Crippen LogP contribution in [0.15, 0.2) is 41.3 Å². The number of nitro groups is 1. The first-order valence-electron chi connectivity index (χ1n) is 8.95. The fourth-order valence-electron chi connectivity index (χ4n) is 2.81. The van der Waals surface area contributed by atoms with Crippen molar-refractivity contribution < 1.29 is 23.2 Å². The van der Waals surface area contributed by atoms with E-state index in [1.807, 2.05) is 0 Å². The van der Waals surface area contributed by atoms with E-state index in [1.165, 1.54) is 22.5 Å². The van der Waals surface area contributed by atoms with Crippen LogP contribution in [0.2, 0.25) is 0 Å². The van der Waals surface area contributed by atoms with Crippen LogP contribution >= 0.6 is 0 Å². The van der Waals surface area contributed by atoms with Gasteiger partial charge in [0.1, 0.15) is 0 Å². The second-order valence-electron chi connectivity index (χ2n) is 6.30. The number of nitrogens with zero attached hydrogens (tertiary/aromatic N) is 2. The molecule has 0 atom stereocenters. The number of amides is 1. The fraction of sp³-hybridized carbons (Fsp3) is 0.316. The molecule has 29 heavy (non-hydrogen) atoms. The van der Waals surface area contributed by atoms with Crippen molar-refractivity contribution in [1.82, 2.24) is 9.62 Å². The fourth-order valence-corrected chi connectivity index (χ4v) is 4.29. The first kappa shape index (κ1) is 22.3. The van der Waals surface area contributed by atoms with Crippen LogP contribution < -0.4 is 10.4 Å². The van der Waals surface area contributed by atoms with E-state index < -0.39 is 26.6 Å². The number of benzene rings is 2. The van der Waals surface area contributed by atoms with Gasteiger partial charge in [0.2, 0.25) is 10.0 Å². The van der Waals surface area contributed by atoms with E-state index in [9.17, 15) is 28.4 Å². The molecule has 2 rings (SSSR count). The Morgan fingerprint density at radius 1 is 1.14 bits per heavy atom. The van der Waals surface area contributed by atoms with Gasteiger partial charge in [0.25, 0.3) is 11.6 Å². The molecule has 2 aromatic carbocycles. The van der Waals surface area contributed by atoms with Crippen LogP contribution in [0.4, 0.5) is 5.69 Å². The molecule has 2 aromatic rings. The quantitative estimate of drug-likeness (QED) is 0.512.